The third-order valence-corrected chi connectivity index (χ3v) is 9.24. The maximum absolute atomic E-state index is 6.46. The van der Waals surface area contributed by atoms with E-state index in [4.69, 9.17) is 5.50 Å². The molecule has 0 bridgehead atoms. The number of allylic oxidation sites excluding steroid dienone is 5. The molecule has 1 aliphatic heterocycles. The Labute approximate surface area is 216 Å². The standard InChI is InChI=1S/C28H37N5P.C2H2/c1-5-7-8-9-20(3)27-28(32-19-31-27)21-10-11-26-24(18-21)23(12-15-30-26)25(6-2)33-22-13-16-34(4,29)17-14-22;1-2/h6-12,15,18-19,22,33H,5,13-14,16-17,29H2,1-4H3,(H,31,32);1-2H/q+1;/b8-7-,20-9+,25-6-;. The number of hydrogen-bond donors (Lipinski definition) is 3. The molecule has 1 aliphatic rings. The van der Waals surface area contributed by atoms with Crippen LogP contribution in [-0.4, -0.2) is 40.0 Å². The summed E-state index contributed by atoms with van der Waals surface area (Å²) in [6, 6.07) is 9.05. The van der Waals surface area contributed by atoms with Crippen molar-refractivity contribution in [2.75, 3.05) is 19.0 Å². The van der Waals surface area contributed by atoms with Crippen LogP contribution in [0.3, 0.4) is 0 Å². The van der Waals surface area contributed by atoms with Crippen molar-refractivity contribution in [1.29, 1.82) is 0 Å². The molecule has 188 valence electrons. The van der Waals surface area contributed by atoms with Gasteiger partial charge in [-0.05, 0) is 44.0 Å². The summed E-state index contributed by atoms with van der Waals surface area (Å²) in [5.74, 6) is 0. The van der Waals surface area contributed by atoms with Crippen molar-refractivity contribution in [1.82, 2.24) is 20.3 Å². The normalized spacial score (nSPS) is 20.8. The highest BCUT2D eigenvalue weighted by molar-refractivity contribution is 7.72. The zero-order valence-corrected chi connectivity index (χ0v) is 22.9. The van der Waals surface area contributed by atoms with Gasteiger partial charge in [0.05, 0.1) is 49.6 Å². The van der Waals surface area contributed by atoms with Gasteiger partial charge in [0.15, 0.2) is 0 Å². The predicted molar refractivity (Wildman–Crippen MR) is 159 cm³/mol. The Morgan fingerprint density at radius 2 is 1.97 bits per heavy atom. The quantitative estimate of drug-likeness (QED) is 0.188. The molecule has 3 heterocycles. The van der Waals surface area contributed by atoms with Gasteiger partial charge in [-0.1, -0.05) is 37.3 Å². The Morgan fingerprint density at radius 3 is 2.67 bits per heavy atom. The van der Waals surface area contributed by atoms with Crippen molar-refractivity contribution in [3.05, 3.63) is 72.4 Å². The summed E-state index contributed by atoms with van der Waals surface area (Å²) < 4.78 is 0. The topological polar surface area (TPSA) is 79.6 Å². The van der Waals surface area contributed by atoms with Crippen LogP contribution in [0.4, 0.5) is 0 Å². The maximum atomic E-state index is 6.46. The first-order valence-electron chi connectivity index (χ1n) is 12.6. The van der Waals surface area contributed by atoms with Crippen LogP contribution in [0.25, 0.3) is 33.4 Å². The molecule has 0 spiro atoms. The molecular weight excluding hydrogens is 461 g/mol. The number of aromatic amines is 1. The molecule has 3 aromatic rings. The molecule has 1 saturated heterocycles. The lowest BCUT2D eigenvalue weighted by Gasteiger charge is -2.30. The molecule has 5 nitrogen and oxygen atoms in total. The average Bonchev–Trinajstić information content (AvgIpc) is 3.39. The van der Waals surface area contributed by atoms with E-state index in [-0.39, 0.29) is 0 Å². The zero-order chi connectivity index (χ0) is 26.1. The summed E-state index contributed by atoms with van der Waals surface area (Å²) in [5.41, 5.74) is 14.1. The van der Waals surface area contributed by atoms with Crippen molar-refractivity contribution >= 4 is 29.6 Å². The van der Waals surface area contributed by atoms with Crippen molar-refractivity contribution < 1.29 is 0 Å². The van der Waals surface area contributed by atoms with Crippen LogP contribution < -0.4 is 10.8 Å². The van der Waals surface area contributed by atoms with Gasteiger partial charge in [0.25, 0.3) is 0 Å². The Kier molecular flexibility index (Phi) is 9.65. The molecule has 0 unspecified atom stereocenters. The number of nitrogens with one attached hydrogen (secondary N) is 2. The predicted octanol–water partition coefficient (Wildman–Crippen LogP) is 6.88. The van der Waals surface area contributed by atoms with Crippen LogP contribution in [0.1, 0.15) is 51.3 Å². The number of pyridine rings is 1. The van der Waals surface area contributed by atoms with Gasteiger partial charge in [0.1, 0.15) is 0 Å². The first kappa shape index (κ1) is 27.4. The van der Waals surface area contributed by atoms with Gasteiger partial charge in [-0.15, -0.1) is 12.8 Å². The summed E-state index contributed by atoms with van der Waals surface area (Å²) in [7, 11) is -1.18. The fourth-order valence-electron chi connectivity index (χ4n) is 4.62. The zero-order valence-electron chi connectivity index (χ0n) is 22.0. The molecule has 0 atom stereocenters. The van der Waals surface area contributed by atoms with Crippen molar-refractivity contribution in [3.63, 3.8) is 0 Å². The van der Waals surface area contributed by atoms with Crippen molar-refractivity contribution in [2.45, 2.75) is 46.1 Å². The van der Waals surface area contributed by atoms with Gasteiger partial charge in [0, 0.05) is 47.3 Å². The van der Waals surface area contributed by atoms with Gasteiger partial charge in [-0.3, -0.25) is 4.98 Å². The summed E-state index contributed by atoms with van der Waals surface area (Å²) in [6.07, 6.45) is 25.8. The SMILES string of the molecule is C#C.C/C=C(\NC1CC[P+](C)(N)CC1)c1ccnc2ccc(-c3[nH]cnc3/C(C)=C/C=C\CC)cc12. The molecule has 0 aliphatic carbocycles. The smallest absolute Gasteiger partial charge is 0.0932 e. The van der Waals surface area contributed by atoms with E-state index in [1.165, 1.54) is 11.3 Å². The molecule has 1 fully saturated rings. The first-order valence-corrected chi connectivity index (χ1v) is 15.3. The second kappa shape index (κ2) is 12.7. The summed E-state index contributed by atoms with van der Waals surface area (Å²) >= 11 is 0. The molecule has 0 radical (unpaired) electrons. The average molecular weight is 501 g/mol. The summed E-state index contributed by atoms with van der Waals surface area (Å²) in [5, 5.41) is 4.96. The third kappa shape index (κ3) is 6.52. The molecular formula is C30H39N5P+. The van der Waals surface area contributed by atoms with E-state index in [9.17, 15) is 0 Å². The summed E-state index contributed by atoms with van der Waals surface area (Å²) in [4.78, 5) is 12.6. The number of rotatable bonds is 7. The number of imidazole rings is 1. The van der Waals surface area contributed by atoms with Gasteiger partial charge in [0.2, 0.25) is 0 Å². The maximum Gasteiger partial charge on any atom is 0.0932 e. The van der Waals surface area contributed by atoms with Crippen LogP contribution in [0, 0.1) is 12.8 Å². The van der Waals surface area contributed by atoms with Crippen LogP contribution in [0.5, 0.6) is 0 Å². The Bertz CT molecular complexity index is 1270. The number of benzene rings is 1. The second-order valence-electron chi connectivity index (χ2n) is 9.45. The molecule has 1 aromatic carbocycles. The molecule has 36 heavy (non-hydrogen) atoms. The molecule has 4 rings (SSSR count). The van der Waals surface area contributed by atoms with Crippen LogP contribution >= 0.6 is 7.41 Å². The molecule has 6 heteroatoms. The van der Waals surface area contributed by atoms with E-state index in [0.717, 1.165) is 65.0 Å². The molecule has 4 N–H and O–H groups in total. The van der Waals surface area contributed by atoms with Gasteiger partial charge >= 0.3 is 0 Å². The van der Waals surface area contributed by atoms with E-state index in [1.807, 2.05) is 6.20 Å². The fraction of sp³-hybridized carbons (Fsp3) is 0.333. The number of H-pyrrole nitrogens is 1. The monoisotopic (exact) mass is 500 g/mol. The number of fused-ring (bicyclic) bond motifs is 1. The highest BCUT2D eigenvalue weighted by Crippen LogP contribution is 2.51. The van der Waals surface area contributed by atoms with Crippen molar-refractivity contribution in [2.24, 2.45) is 5.50 Å². The minimum absolute atomic E-state index is 0.470. The summed E-state index contributed by atoms with van der Waals surface area (Å²) in [6.45, 7) is 8.62. The molecule has 2 aromatic heterocycles. The van der Waals surface area contributed by atoms with Crippen molar-refractivity contribution in [3.8, 4) is 24.1 Å². The Morgan fingerprint density at radius 1 is 1.22 bits per heavy atom. The van der Waals surface area contributed by atoms with Gasteiger partial charge in [-0.2, -0.15) is 0 Å². The highest BCUT2D eigenvalue weighted by atomic mass is 31.2. The Hall–Kier alpha value is -3.19. The lowest BCUT2D eigenvalue weighted by Crippen LogP contribution is -2.35. The number of aromatic nitrogens is 3. The van der Waals surface area contributed by atoms with Crippen LogP contribution in [0.15, 0.2) is 61.1 Å². The van der Waals surface area contributed by atoms with Gasteiger partial charge in [-0.25, -0.2) is 10.5 Å². The minimum atomic E-state index is -1.18. The lowest BCUT2D eigenvalue weighted by molar-refractivity contribution is 0.549. The van der Waals surface area contributed by atoms with E-state index in [0.29, 0.717) is 6.04 Å². The largest absolute Gasteiger partial charge is 0.382 e. The van der Waals surface area contributed by atoms with Crippen LogP contribution in [0.2, 0.25) is 0 Å². The lowest BCUT2D eigenvalue weighted by atomic mass is 9.99. The number of nitrogens with zero attached hydrogens (tertiary/aromatic N) is 2. The fourth-order valence-corrected chi connectivity index (χ4v) is 6.64. The van der Waals surface area contributed by atoms with E-state index >= 15 is 0 Å². The molecule has 0 saturated carbocycles. The minimum Gasteiger partial charge on any atom is -0.382 e. The Balaban J connectivity index is 0.00000176. The molecule has 0 amide bonds. The highest BCUT2D eigenvalue weighted by Gasteiger charge is 2.33. The second-order valence-corrected chi connectivity index (χ2v) is 13.3. The number of hydrogen-bond acceptors (Lipinski definition) is 4. The number of terminal acetylenes is 1. The number of nitrogens with two attached hydrogens (primary N) is 1. The third-order valence-electron chi connectivity index (χ3n) is 6.68. The van der Waals surface area contributed by atoms with E-state index in [2.05, 4.69) is 109 Å². The first-order chi connectivity index (χ1) is 17.4. The van der Waals surface area contributed by atoms with Gasteiger partial charge < -0.3 is 10.3 Å². The van der Waals surface area contributed by atoms with E-state index < -0.39 is 7.41 Å². The van der Waals surface area contributed by atoms with E-state index in [1.54, 1.807) is 6.33 Å². The van der Waals surface area contributed by atoms with Crippen LogP contribution in [-0.2, 0) is 0 Å².